The molecule has 8 atom stereocenters. The van der Waals surface area contributed by atoms with Crippen molar-refractivity contribution in [3.63, 3.8) is 0 Å². The number of alkyl halides is 3. The number of hydrogen-bond acceptors (Lipinski definition) is 28. The van der Waals surface area contributed by atoms with Crippen LogP contribution in [0, 0.1) is 5.92 Å². The van der Waals surface area contributed by atoms with Gasteiger partial charge in [0, 0.05) is 74.5 Å². The first-order valence-electron chi connectivity index (χ1n) is 41.7. The van der Waals surface area contributed by atoms with Crippen molar-refractivity contribution in [2.45, 2.75) is 198 Å². The molecule has 2 saturated heterocycles. The van der Waals surface area contributed by atoms with E-state index in [-0.39, 0.29) is 78.7 Å². The third-order valence-corrected chi connectivity index (χ3v) is 20.6. The van der Waals surface area contributed by atoms with E-state index < -0.39 is 85.3 Å². The quantitative estimate of drug-likeness (QED) is 0.0104. The third-order valence-electron chi connectivity index (χ3n) is 17.7. The van der Waals surface area contributed by atoms with E-state index in [1.807, 2.05) is 82.4 Å². The number of carboxylic acid groups (broad SMARTS) is 1. The standard InChI is InChI=1S/C52H78ClN3O16S.C14H25BrO6.C11H19BrO3.C7H11BrO3.C4H12Si/c1-34-15-14-16-41(64-10)52(62)33-40(70-49(61)54-52)35(2)47-51(6,72-47)42(32-44(58)56(8)38-30-37(29-34)31-39(63-9)46(38)53)71-48(60)36(3)55(7)43(57)17-19-50(4,5)73-28-13-12-20-66-22-24-68-26-27-69-25-23-67-21-18-45(59)65-11;1-17-14(16)4-7-19-9-11-21-13-12-20-10-8-18-6-3-2-5-15;1-11(2,3)15-10(13)6-9-14-8-5-4-7-12;8-4-1-2-5-11-6-3-7(9)10;1-5(2,3)4/h12-16,30-31,35-36,40-42,47,62H,17-29,32-33H2,1-11H3,(H,54,61);2-3H,4-13H2,1H3;4-5H,6-9H2,1-3H3;1-2H,3-6H2,(H,9,10);1-4H3/b13-12+,16-14+,34-15+;3-2+;5-4+;2-1+;/t35-,36+,40+,41-,42+,47+,51+,52+;;;;/m1..../s1. The second kappa shape index (κ2) is 69.7. The van der Waals surface area contributed by atoms with Crippen molar-refractivity contribution in [2.75, 3.05) is 201 Å². The summed E-state index contributed by atoms with van der Waals surface area (Å²) in [6.45, 7) is 35.0. The molecule has 3 aliphatic heterocycles. The van der Waals surface area contributed by atoms with E-state index in [0.29, 0.717) is 162 Å². The first kappa shape index (κ1) is 120. The fourth-order valence-electron chi connectivity index (χ4n) is 10.8. The predicted molar refractivity (Wildman–Crippen MR) is 498 cm³/mol. The second-order valence-electron chi connectivity index (χ2n) is 31.9. The molecule has 125 heavy (non-hydrogen) atoms. The number of likely N-dealkylation sites (N-methyl/N-ethyl adjacent to an activating group) is 1. The van der Waals surface area contributed by atoms with Crippen LogP contribution in [0.2, 0.25) is 31.2 Å². The molecule has 0 unspecified atom stereocenters. The van der Waals surface area contributed by atoms with Gasteiger partial charge in [0.2, 0.25) is 11.8 Å². The Morgan fingerprint density at radius 1 is 0.680 bits per heavy atom. The highest BCUT2D eigenvalue weighted by Gasteiger charge is 2.64. The number of aliphatic carboxylic acids is 1. The molecule has 0 aliphatic carbocycles. The summed E-state index contributed by atoms with van der Waals surface area (Å²) in [6, 6.07) is 2.55. The Labute approximate surface area is 778 Å². The number of carbonyl (C=O) groups excluding carboxylic acids is 7. The van der Waals surface area contributed by atoms with Crippen molar-refractivity contribution < 1.29 is 134 Å². The van der Waals surface area contributed by atoms with Crippen molar-refractivity contribution in [3.8, 4) is 5.75 Å². The number of thioether (sulfide) groups is 1. The number of methoxy groups -OCH3 is 4. The van der Waals surface area contributed by atoms with Gasteiger partial charge in [0.05, 0.1) is 197 Å². The summed E-state index contributed by atoms with van der Waals surface area (Å²) in [5.41, 5.74) is -1.43. The number of carboxylic acids is 1. The number of aliphatic hydroxyl groups is 1. The van der Waals surface area contributed by atoms with Crippen molar-refractivity contribution in [1.29, 1.82) is 0 Å². The summed E-state index contributed by atoms with van der Waals surface area (Å²) >= 11 is 18.3. The van der Waals surface area contributed by atoms with Gasteiger partial charge < -0.3 is 105 Å². The average Bonchev–Trinajstić information content (AvgIpc) is 1.57. The van der Waals surface area contributed by atoms with Crippen LogP contribution < -0.4 is 15.0 Å². The van der Waals surface area contributed by atoms with Crippen LogP contribution in [0.25, 0.3) is 0 Å². The summed E-state index contributed by atoms with van der Waals surface area (Å²) in [5.74, 6) is -2.57. The molecular formula is C88H145Br3ClN3O28SSi. The van der Waals surface area contributed by atoms with Crippen LogP contribution >= 0.6 is 71.2 Å². The topological polar surface area (TPSA) is 365 Å². The number of alkyl carbamates (subject to hydrolysis) is 1. The average molecular weight is 2030 g/mol. The van der Waals surface area contributed by atoms with Crippen molar-refractivity contribution in [3.05, 3.63) is 95.1 Å². The molecule has 0 aromatic heterocycles. The van der Waals surface area contributed by atoms with E-state index in [0.717, 1.165) is 27.1 Å². The molecule has 3 heterocycles. The van der Waals surface area contributed by atoms with Gasteiger partial charge >= 0.3 is 35.9 Å². The number of nitrogens with zero attached hydrogens (tertiary/aromatic N) is 2. The number of amides is 3. The summed E-state index contributed by atoms with van der Waals surface area (Å²) in [6.07, 6.45) is 17.8. The highest BCUT2D eigenvalue weighted by atomic mass is 79.9. The first-order chi connectivity index (χ1) is 59.1. The maximum absolute atomic E-state index is 14.4. The van der Waals surface area contributed by atoms with Crippen LogP contribution in [0.1, 0.15) is 119 Å². The van der Waals surface area contributed by atoms with Gasteiger partial charge in [0.15, 0.2) is 5.72 Å². The molecule has 3 aliphatic rings. The highest BCUT2D eigenvalue weighted by Crippen LogP contribution is 2.49. The molecule has 1 aromatic rings. The molecule has 3 N–H and O–H groups in total. The fourth-order valence-corrected chi connectivity index (χ4v) is 12.9. The Kier molecular flexibility index (Phi) is 66.8. The van der Waals surface area contributed by atoms with E-state index in [4.69, 9.17) is 92.5 Å². The normalized spacial score (nSPS) is 20.0. The van der Waals surface area contributed by atoms with Crippen LogP contribution in [0.5, 0.6) is 5.75 Å². The first-order valence-corrected chi connectivity index (χ1v) is 50.5. The van der Waals surface area contributed by atoms with Crippen LogP contribution in [0.15, 0.2) is 84.5 Å². The molecule has 718 valence electrons. The lowest BCUT2D eigenvalue weighted by molar-refractivity contribution is -0.162. The minimum Gasteiger partial charge on any atom is -0.495 e. The van der Waals surface area contributed by atoms with Gasteiger partial charge in [-0.2, -0.15) is 11.8 Å². The van der Waals surface area contributed by atoms with E-state index in [2.05, 4.69) is 103 Å². The van der Waals surface area contributed by atoms with Gasteiger partial charge in [0.1, 0.15) is 46.3 Å². The second-order valence-corrected chi connectivity index (χ2v) is 42.0. The Morgan fingerprint density at radius 3 is 1.57 bits per heavy atom. The molecule has 31 nitrogen and oxygen atoms in total. The monoisotopic (exact) mass is 2020 g/mol. The van der Waals surface area contributed by atoms with Gasteiger partial charge in [-0.3, -0.25) is 34.1 Å². The number of anilines is 1. The molecule has 0 spiro atoms. The highest BCUT2D eigenvalue weighted by molar-refractivity contribution is 9.09. The number of allylic oxidation sites excluding steroid dienone is 6. The largest absolute Gasteiger partial charge is 0.495 e. The van der Waals surface area contributed by atoms with Crippen LogP contribution in [-0.4, -0.2) is 319 Å². The van der Waals surface area contributed by atoms with E-state index in [1.54, 1.807) is 70.9 Å². The third kappa shape index (κ3) is 59.7. The number of esters is 4. The number of fused-ring (bicyclic) bond motifs is 5. The van der Waals surface area contributed by atoms with Gasteiger partial charge in [-0.1, -0.05) is 179 Å². The molecule has 2 fully saturated rings. The number of rotatable bonds is 52. The molecule has 3 amide bonds. The lowest BCUT2D eigenvalue weighted by atomic mass is 9.83. The summed E-state index contributed by atoms with van der Waals surface area (Å²) < 4.78 is 96.6. The van der Waals surface area contributed by atoms with E-state index in [1.165, 1.54) is 38.2 Å². The van der Waals surface area contributed by atoms with Gasteiger partial charge in [-0.25, -0.2) is 9.59 Å². The lowest BCUT2D eigenvalue weighted by Gasteiger charge is -2.42. The maximum Gasteiger partial charge on any atom is 0.409 e. The van der Waals surface area contributed by atoms with Crippen molar-refractivity contribution >= 4 is 133 Å². The Morgan fingerprint density at radius 2 is 1.12 bits per heavy atom. The molecule has 1 aromatic carbocycles. The van der Waals surface area contributed by atoms with E-state index >= 15 is 0 Å². The zero-order chi connectivity index (χ0) is 94.3. The molecule has 4 rings (SSSR count). The number of carbonyl (C=O) groups is 8. The van der Waals surface area contributed by atoms with Crippen LogP contribution in [0.4, 0.5) is 10.5 Å². The fraction of sp³-hybridized carbons (Fsp3) is 0.705. The number of benzene rings is 1. The van der Waals surface area contributed by atoms with Crippen molar-refractivity contribution in [1.82, 2.24) is 10.2 Å². The van der Waals surface area contributed by atoms with Gasteiger partial charge in [-0.05, 0) is 72.1 Å². The van der Waals surface area contributed by atoms with Crippen LogP contribution in [0.3, 0.4) is 0 Å². The zero-order valence-electron chi connectivity index (χ0n) is 77.1. The molecule has 0 radical (unpaired) electrons. The maximum atomic E-state index is 14.4. The molecular weight excluding hydrogens is 1880 g/mol. The Balaban J connectivity index is 0.00000236. The number of halogens is 4. The summed E-state index contributed by atoms with van der Waals surface area (Å²) in [7, 11) is 8.13. The van der Waals surface area contributed by atoms with Crippen LogP contribution in [-0.2, 0) is 121 Å². The minimum atomic E-state index is -1.85. The van der Waals surface area contributed by atoms with Gasteiger partial charge in [-0.15, -0.1) is 0 Å². The zero-order valence-corrected chi connectivity index (χ0v) is 84.5. The van der Waals surface area contributed by atoms with E-state index in [9.17, 15) is 43.5 Å². The lowest BCUT2D eigenvalue weighted by Crippen LogP contribution is -2.63. The van der Waals surface area contributed by atoms with Gasteiger partial charge in [0.25, 0.3) is 0 Å². The van der Waals surface area contributed by atoms with Crippen molar-refractivity contribution in [2.24, 2.45) is 5.92 Å². The molecule has 4 bridgehead atoms. The molecule has 0 saturated carbocycles. The Hall–Kier alpha value is -5.20. The SMILES string of the molecule is CC(C)(C)OC(=O)CCOC/C=C/CBr.COC(=O)CCOCCOCCOCCOC/C=C/CBr.COC(=O)CCOCCOCCOCCOC/C=C/CSC(C)(C)CCC(=O)N(C)[C@@H](C)C(=O)O[C@H]1CC(=O)N(C)c2cc(cc(OC)c2Cl)C/C(C)=C/C=C/[C@@H](OC)[C@@]2(O)C[C@H](OC(=O)N2)[C@@H](C)[C@@H]2O[C@@]12C.C[Si](C)(C)C.O=C(O)CCOC/C=C/CBr. The number of hydrogen-bond donors (Lipinski definition) is 3. The number of ether oxygens (including phenoxy) is 18. The summed E-state index contributed by atoms with van der Waals surface area (Å²) in [4.78, 5) is 101. The minimum absolute atomic E-state index is 0.0696. The smallest absolute Gasteiger partial charge is 0.409 e. The summed E-state index contributed by atoms with van der Waals surface area (Å²) in [5, 5.41) is 25.3. The number of epoxide rings is 1. The number of nitrogens with one attached hydrogen (secondary N) is 1. The Bertz CT molecular complexity index is 3400. The predicted octanol–water partition coefficient (Wildman–Crippen LogP) is 13.6. The molecule has 37 heteroatoms.